The summed E-state index contributed by atoms with van der Waals surface area (Å²) in [7, 11) is 0. The van der Waals surface area contributed by atoms with Gasteiger partial charge in [0, 0.05) is 0 Å². The molecule has 0 bridgehead atoms. The second-order valence-corrected chi connectivity index (χ2v) is 12.1. The first-order chi connectivity index (χ1) is 16.9. The molecule has 36 heavy (non-hydrogen) atoms. The third-order valence-corrected chi connectivity index (χ3v) is 8.27. The van der Waals surface area contributed by atoms with Crippen LogP contribution in [0.4, 0.5) is 0 Å². The van der Waals surface area contributed by atoms with Crippen LogP contribution in [0.1, 0.15) is 99.1 Å². The normalized spacial score (nSPS) is 20.8. The molecule has 194 valence electrons. The number of imide groups is 1. The van der Waals surface area contributed by atoms with E-state index in [0.29, 0.717) is 28.4 Å². The Kier molecular flexibility index (Phi) is 7.34. The topological polar surface area (TPSA) is 55.8 Å². The van der Waals surface area contributed by atoms with E-state index < -0.39 is 6.29 Å². The van der Waals surface area contributed by atoms with Crippen molar-refractivity contribution in [2.75, 3.05) is 13.2 Å². The van der Waals surface area contributed by atoms with Crippen LogP contribution in [0.3, 0.4) is 0 Å². The van der Waals surface area contributed by atoms with E-state index in [1.165, 1.54) is 28.9 Å². The van der Waals surface area contributed by atoms with Crippen molar-refractivity contribution in [2.24, 2.45) is 16.7 Å². The van der Waals surface area contributed by atoms with Crippen LogP contribution in [0.15, 0.2) is 42.5 Å². The molecular weight excluding hydrogens is 450 g/mol. The molecule has 2 aliphatic rings. The average molecular weight is 492 g/mol. The zero-order chi connectivity index (χ0) is 26.3. The van der Waals surface area contributed by atoms with Crippen LogP contribution in [0.25, 0.3) is 0 Å². The number of hydrogen-bond acceptors (Lipinski definition) is 4. The summed E-state index contributed by atoms with van der Waals surface area (Å²) in [6.45, 7) is 16.5. The van der Waals surface area contributed by atoms with Crippen LogP contribution in [-0.2, 0) is 11.2 Å². The van der Waals surface area contributed by atoms with Crippen LogP contribution < -0.4 is 4.74 Å². The SMILES string of the molecule is CCC(C)(C)C1CCc2cc(OC(C)OCCN3C(=O)c4ccccc4C3=O)ccc2C1C(C)(C)C. The van der Waals surface area contributed by atoms with E-state index in [-0.39, 0.29) is 30.4 Å². The van der Waals surface area contributed by atoms with Gasteiger partial charge in [-0.1, -0.05) is 66.2 Å². The van der Waals surface area contributed by atoms with Gasteiger partial charge >= 0.3 is 0 Å². The Balaban J connectivity index is 1.38. The molecule has 1 aliphatic carbocycles. The number of hydrogen-bond donors (Lipinski definition) is 0. The maximum atomic E-state index is 12.5. The van der Waals surface area contributed by atoms with Crippen molar-refractivity contribution in [1.82, 2.24) is 4.90 Å². The van der Waals surface area contributed by atoms with Gasteiger partial charge in [-0.15, -0.1) is 0 Å². The van der Waals surface area contributed by atoms with Gasteiger partial charge in [0.2, 0.25) is 0 Å². The fourth-order valence-corrected chi connectivity index (χ4v) is 6.02. The van der Waals surface area contributed by atoms with Crippen LogP contribution in [-0.4, -0.2) is 36.2 Å². The van der Waals surface area contributed by atoms with Crippen LogP contribution in [0.5, 0.6) is 5.75 Å². The Morgan fingerprint density at radius 3 is 2.22 bits per heavy atom. The summed E-state index contributed by atoms with van der Waals surface area (Å²) in [6, 6.07) is 13.4. The Labute approximate surface area is 216 Å². The molecule has 2 amide bonds. The Morgan fingerprint density at radius 2 is 1.64 bits per heavy atom. The maximum Gasteiger partial charge on any atom is 0.261 e. The molecule has 4 rings (SSSR count). The monoisotopic (exact) mass is 491 g/mol. The van der Waals surface area contributed by atoms with E-state index >= 15 is 0 Å². The van der Waals surface area contributed by atoms with Crippen LogP contribution >= 0.6 is 0 Å². The second-order valence-electron chi connectivity index (χ2n) is 12.1. The van der Waals surface area contributed by atoms with Crippen molar-refractivity contribution in [3.63, 3.8) is 0 Å². The van der Waals surface area contributed by atoms with E-state index in [0.717, 1.165) is 12.2 Å². The van der Waals surface area contributed by atoms with Crippen molar-refractivity contribution in [3.8, 4) is 5.75 Å². The number of ether oxygens (including phenoxy) is 2. The van der Waals surface area contributed by atoms with Gasteiger partial charge in [-0.2, -0.15) is 0 Å². The standard InChI is InChI=1S/C31H41NO4/c1-8-31(6,7)26-16-13-21-19-22(14-15-23(21)27(26)30(3,4)5)36-20(2)35-18-17-32-28(33)24-11-9-10-12-25(24)29(32)34/h9-12,14-15,19-20,26-27H,8,13,16-18H2,1-7H3. The second kappa shape index (κ2) is 10.0. The van der Waals surface area contributed by atoms with E-state index in [1.54, 1.807) is 24.3 Å². The van der Waals surface area contributed by atoms with Crippen molar-refractivity contribution in [2.45, 2.75) is 79.9 Å². The van der Waals surface area contributed by atoms with Crippen molar-refractivity contribution >= 4 is 11.8 Å². The van der Waals surface area contributed by atoms with E-state index in [2.05, 4.69) is 59.7 Å². The van der Waals surface area contributed by atoms with Gasteiger partial charge in [0.25, 0.3) is 11.8 Å². The van der Waals surface area contributed by atoms with E-state index in [4.69, 9.17) is 9.47 Å². The molecule has 0 fully saturated rings. The largest absolute Gasteiger partial charge is 0.465 e. The van der Waals surface area contributed by atoms with Gasteiger partial charge < -0.3 is 9.47 Å². The number of benzene rings is 2. The van der Waals surface area contributed by atoms with Gasteiger partial charge in [-0.3, -0.25) is 14.5 Å². The molecule has 3 unspecified atom stereocenters. The Morgan fingerprint density at radius 1 is 1.00 bits per heavy atom. The predicted octanol–water partition coefficient (Wildman–Crippen LogP) is 6.85. The van der Waals surface area contributed by atoms with Gasteiger partial charge in [0.05, 0.1) is 24.3 Å². The summed E-state index contributed by atoms with van der Waals surface area (Å²) in [5, 5.41) is 0. The van der Waals surface area contributed by atoms with Crippen LogP contribution in [0, 0.1) is 16.7 Å². The summed E-state index contributed by atoms with van der Waals surface area (Å²) < 4.78 is 11.9. The van der Waals surface area contributed by atoms with Gasteiger partial charge in [-0.25, -0.2) is 0 Å². The summed E-state index contributed by atoms with van der Waals surface area (Å²) in [5.41, 5.74) is 4.21. The lowest BCUT2D eigenvalue weighted by Crippen LogP contribution is -2.38. The molecule has 2 aromatic carbocycles. The molecule has 5 nitrogen and oxygen atoms in total. The molecule has 0 radical (unpaired) electrons. The minimum Gasteiger partial charge on any atom is -0.465 e. The number of nitrogens with zero attached hydrogens (tertiary/aromatic N) is 1. The number of aryl methyl sites for hydroxylation is 1. The molecule has 1 heterocycles. The van der Waals surface area contributed by atoms with Gasteiger partial charge in [0.15, 0.2) is 6.29 Å². The maximum absolute atomic E-state index is 12.5. The highest BCUT2D eigenvalue weighted by molar-refractivity contribution is 6.21. The van der Waals surface area contributed by atoms with Gasteiger partial charge in [0.1, 0.15) is 5.75 Å². The van der Waals surface area contributed by atoms with Crippen molar-refractivity contribution < 1.29 is 19.1 Å². The highest BCUT2D eigenvalue weighted by Crippen LogP contribution is 2.54. The number of carbonyl (C=O) groups excluding carboxylic acids is 2. The first kappa shape index (κ1) is 26.4. The van der Waals surface area contributed by atoms with Crippen molar-refractivity contribution in [3.05, 3.63) is 64.7 Å². The summed E-state index contributed by atoms with van der Waals surface area (Å²) in [5.74, 6) is 1.41. The first-order valence-corrected chi connectivity index (χ1v) is 13.3. The quantitative estimate of drug-likeness (QED) is 0.299. The highest BCUT2D eigenvalue weighted by atomic mass is 16.7. The van der Waals surface area contributed by atoms with E-state index in [1.807, 2.05) is 6.92 Å². The summed E-state index contributed by atoms with van der Waals surface area (Å²) >= 11 is 0. The fraction of sp³-hybridized carbons (Fsp3) is 0.548. The molecule has 2 aromatic rings. The lowest BCUT2D eigenvalue weighted by Gasteiger charge is -2.48. The third-order valence-electron chi connectivity index (χ3n) is 8.27. The Hall–Kier alpha value is -2.66. The summed E-state index contributed by atoms with van der Waals surface area (Å²) in [4.78, 5) is 26.3. The molecule has 0 aromatic heterocycles. The smallest absolute Gasteiger partial charge is 0.261 e. The molecule has 0 spiro atoms. The number of rotatable bonds is 8. The first-order valence-electron chi connectivity index (χ1n) is 13.3. The molecule has 3 atom stereocenters. The lowest BCUT2D eigenvalue weighted by atomic mass is 9.56. The summed E-state index contributed by atoms with van der Waals surface area (Å²) in [6.07, 6.45) is 2.93. The van der Waals surface area contributed by atoms with E-state index in [9.17, 15) is 9.59 Å². The molecule has 1 aliphatic heterocycles. The molecule has 0 saturated heterocycles. The minimum absolute atomic E-state index is 0.176. The zero-order valence-electron chi connectivity index (χ0n) is 22.9. The minimum atomic E-state index is -0.494. The molecule has 0 N–H and O–H groups in total. The molecular formula is C31H41NO4. The fourth-order valence-electron chi connectivity index (χ4n) is 6.02. The number of amides is 2. The third kappa shape index (κ3) is 5.08. The van der Waals surface area contributed by atoms with Crippen LogP contribution in [0.2, 0.25) is 0 Å². The zero-order valence-corrected chi connectivity index (χ0v) is 22.9. The average Bonchev–Trinajstić information content (AvgIpc) is 3.07. The predicted molar refractivity (Wildman–Crippen MR) is 142 cm³/mol. The molecule has 5 heteroatoms. The van der Waals surface area contributed by atoms with Gasteiger partial charge in [-0.05, 0) is 77.8 Å². The lowest BCUT2D eigenvalue weighted by molar-refractivity contribution is -0.0690. The number of fused-ring (bicyclic) bond motifs is 2. The highest BCUT2D eigenvalue weighted by Gasteiger charge is 2.43. The molecule has 0 saturated carbocycles. The Bertz CT molecular complexity index is 1090. The number of carbonyl (C=O) groups is 2. The van der Waals surface area contributed by atoms with Crippen molar-refractivity contribution in [1.29, 1.82) is 0 Å².